The summed E-state index contributed by atoms with van der Waals surface area (Å²) >= 11 is 0. The van der Waals surface area contributed by atoms with E-state index in [0.717, 1.165) is 39.5 Å². The van der Waals surface area contributed by atoms with Crippen LogP contribution in [0.15, 0.2) is 114 Å². The van der Waals surface area contributed by atoms with Crippen molar-refractivity contribution < 1.29 is 32.4 Å². The highest BCUT2D eigenvalue weighted by Gasteiger charge is 2.36. The van der Waals surface area contributed by atoms with Gasteiger partial charge in [0, 0.05) is 11.3 Å². The van der Waals surface area contributed by atoms with E-state index in [1.807, 2.05) is 60.8 Å². The lowest BCUT2D eigenvalue weighted by molar-refractivity contribution is -0.553. The number of amides is 1. The molecule has 3 aromatic carbocycles. The van der Waals surface area contributed by atoms with Crippen LogP contribution in [0.2, 0.25) is 0 Å². The number of halogens is 3. The molecular weight excluding hydrogens is 533 g/mol. The summed E-state index contributed by atoms with van der Waals surface area (Å²) in [5, 5.41) is 11.6. The Hall–Kier alpha value is -5.09. The van der Waals surface area contributed by atoms with Gasteiger partial charge in [0.25, 0.3) is 0 Å². The number of nitrogens with zero attached hydrogens (tertiary/aromatic N) is 2. The van der Waals surface area contributed by atoms with E-state index in [0.29, 0.717) is 5.69 Å². The largest absolute Gasteiger partial charge is 0.542 e. The molecule has 41 heavy (non-hydrogen) atoms. The van der Waals surface area contributed by atoms with Crippen LogP contribution >= 0.6 is 0 Å². The minimum absolute atomic E-state index is 0.221. The van der Waals surface area contributed by atoms with Crippen molar-refractivity contribution in [2.45, 2.75) is 19.1 Å². The maximum Gasteiger partial charge on any atom is 0.430 e. The van der Waals surface area contributed by atoms with Crippen LogP contribution in [0, 0.1) is 0 Å². The molecule has 1 atom stereocenters. The molecule has 0 saturated heterocycles. The van der Waals surface area contributed by atoms with Crippen molar-refractivity contribution in [2.75, 3.05) is 5.32 Å². The SMILES string of the molecule is C[C@H](N)C(=O)Nc1ccc(N=C2C(c3ccccc3)=C(c3ccccc3)c3cccc[n+]32)cc1.O=C([O-])C(F)(F)F. The zero-order chi connectivity index (χ0) is 29.6. The highest BCUT2D eigenvalue weighted by Crippen LogP contribution is 2.36. The van der Waals surface area contributed by atoms with Crippen molar-refractivity contribution in [1.82, 2.24) is 0 Å². The Bertz CT molecular complexity index is 1600. The number of hydrogen-bond acceptors (Lipinski definition) is 5. The highest BCUT2D eigenvalue weighted by atomic mass is 19.4. The molecular formula is C31H25F3N4O3. The Kier molecular flexibility index (Phi) is 8.74. The number of fused-ring (bicyclic) bond motifs is 1. The number of nitrogens with one attached hydrogen (secondary N) is 1. The van der Waals surface area contributed by atoms with E-state index in [9.17, 15) is 18.0 Å². The zero-order valence-corrected chi connectivity index (χ0v) is 21.8. The van der Waals surface area contributed by atoms with Gasteiger partial charge >= 0.3 is 12.0 Å². The summed E-state index contributed by atoms with van der Waals surface area (Å²) < 4.78 is 33.7. The summed E-state index contributed by atoms with van der Waals surface area (Å²) in [6.07, 6.45) is -3.15. The third-order valence-electron chi connectivity index (χ3n) is 5.96. The molecule has 0 unspecified atom stereocenters. The number of aliphatic imine (C=N–C) groups is 1. The first-order valence-electron chi connectivity index (χ1n) is 12.5. The van der Waals surface area contributed by atoms with Gasteiger partial charge in [0.15, 0.2) is 5.69 Å². The standard InChI is InChI=1S/C29H24N4O.C2HF3O2/c1-20(30)29(34)32-24-17-15-23(16-18-24)31-28-27(22-12-6-3-7-13-22)26(21-10-4-2-5-11-21)25-14-8-9-19-33(25)28;3-2(4,5)1(6)7/h2-20H,30H2,1H3;(H,6,7)/t20-;/m0./s1. The molecule has 2 heterocycles. The minimum atomic E-state index is -5.19. The maximum absolute atomic E-state index is 11.9. The molecule has 10 heteroatoms. The third-order valence-corrected chi connectivity index (χ3v) is 5.96. The second kappa shape index (κ2) is 12.4. The molecule has 7 nitrogen and oxygen atoms in total. The summed E-state index contributed by atoms with van der Waals surface area (Å²) in [5.74, 6) is -2.37. The minimum Gasteiger partial charge on any atom is -0.542 e. The van der Waals surface area contributed by atoms with Crippen molar-refractivity contribution in [1.29, 1.82) is 0 Å². The quantitative estimate of drug-likeness (QED) is 0.359. The molecule has 5 rings (SSSR count). The van der Waals surface area contributed by atoms with Crippen LogP contribution in [0.4, 0.5) is 24.5 Å². The molecule has 1 amide bonds. The van der Waals surface area contributed by atoms with E-state index in [2.05, 4.69) is 58.4 Å². The van der Waals surface area contributed by atoms with Gasteiger partial charge in [-0.1, -0.05) is 66.7 Å². The molecule has 0 aliphatic carbocycles. The van der Waals surface area contributed by atoms with Gasteiger partial charge in [-0.15, -0.1) is 0 Å². The van der Waals surface area contributed by atoms with Crippen LogP contribution in [-0.2, 0) is 9.59 Å². The van der Waals surface area contributed by atoms with Crippen LogP contribution < -0.4 is 20.7 Å². The van der Waals surface area contributed by atoms with Crippen LogP contribution in [0.1, 0.15) is 23.7 Å². The number of alkyl halides is 3. The van der Waals surface area contributed by atoms with E-state index < -0.39 is 18.2 Å². The van der Waals surface area contributed by atoms with Crippen molar-refractivity contribution in [3.63, 3.8) is 0 Å². The number of benzene rings is 3. The number of carbonyl (C=O) groups is 2. The molecule has 0 saturated carbocycles. The lowest BCUT2D eigenvalue weighted by Gasteiger charge is -2.07. The zero-order valence-electron chi connectivity index (χ0n) is 21.8. The van der Waals surface area contributed by atoms with Gasteiger partial charge in [-0.3, -0.25) is 4.79 Å². The van der Waals surface area contributed by atoms with Crippen molar-refractivity contribution in [3.8, 4) is 0 Å². The molecule has 1 aliphatic rings. The summed E-state index contributed by atoms with van der Waals surface area (Å²) in [6, 6.07) is 33.9. The summed E-state index contributed by atoms with van der Waals surface area (Å²) in [5.41, 5.74) is 12.7. The second-order valence-electron chi connectivity index (χ2n) is 8.98. The van der Waals surface area contributed by atoms with E-state index in [1.54, 1.807) is 6.92 Å². The van der Waals surface area contributed by atoms with Gasteiger partial charge in [-0.05, 0) is 59.4 Å². The van der Waals surface area contributed by atoms with E-state index >= 15 is 0 Å². The molecule has 208 valence electrons. The molecule has 3 N–H and O–H groups in total. The van der Waals surface area contributed by atoms with Crippen LogP contribution in [0.25, 0.3) is 11.1 Å². The Morgan fingerprint density at radius 3 is 1.85 bits per heavy atom. The topological polar surface area (TPSA) is 111 Å². The van der Waals surface area contributed by atoms with Gasteiger partial charge in [-0.2, -0.15) is 17.7 Å². The van der Waals surface area contributed by atoms with Gasteiger partial charge in [0.2, 0.25) is 5.91 Å². The van der Waals surface area contributed by atoms with Gasteiger partial charge < -0.3 is 21.0 Å². The van der Waals surface area contributed by atoms with Gasteiger partial charge in [0.05, 0.1) is 17.8 Å². The predicted molar refractivity (Wildman–Crippen MR) is 148 cm³/mol. The van der Waals surface area contributed by atoms with E-state index in [-0.39, 0.29) is 5.91 Å². The Balaban J connectivity index is 0.000000493. The summed E-state index contributed by atoms with van der Waals surface area (Å²) in [7, 11) is 0. The second-order valence-corrected chi connectivity index (χ2v) is 8.98. The van der Waals surface area contributed by atoms with E-state index in [1.165, 1.54) is 0 Å². The number of carbonyl (C=O) groups excluding carboxylic acids is 2. The number of allylic oxidation sites excluding steroid dienone is 1. The van der Waals surface area contributed by atoms with Crippen molar-refractivity contribution in [2.24, 2.45) is 10.7 Å². The van der Waals surface area contributed by atoms with Crippen LogP contribution in [0.3, 0.4) is 0 Å². The fraction of sp³-hybridized carbons (Fsp3) is 0.0968. The lowest BCUT2D eigenvalue weighted by Crippen LogP contribution is -2.42. The molecule has 4 aromatic rings. The van der Waals surface area contributed by atoms with Gasteiger partial charge in [0.1, 0.15) is 11.7 Å². The molecule has 0 radical (unpaired) electrons. The number of nitrogens with two attached hydrogens (primary N) is 1. The van der Waals surface area contributed by atoms with Gasteiger partial charge in [-0.25, -0.2) is 0 Å². The number of carboxylic acid groups (broad SMARTS) is 1. The normalized spacial score (nSPS) is 14.1. The number of hydrogen-bond donors (Lipinski definition) is 2. The number of aliphatic carboxylic acids is 1. The molecule has 1 aromatic heterocycles. The van der Waals surface area contributed by atoms with Crippen LogP contribution in [-0.4, -0.2) is 29.9 Å². The molecule has 0 bridgehead atoms. The Labute approximate surface area is 234 Å². The molecule has 1 aliphatic heterocycles. The Morgan fingerprint density at radius 2 is 1.34 bits per heavy atom. The number of rotatable bonds is 5. The number of aromatic nitrogens is 1. The van der Waals surface area contributed by atoms with Crippen molar-refractivity contribution >= 4 is 40.2 Å². The average molecular weight is 559 g/mol. The first kappa shape index (κ1) is 28.9. The fourth-order valence-electron chi connectivity index (χ4n) is 4.07. The maximum atomic E-state index is 11.9. The highest BCUT2D eigenvalue weighted by molar-refractivity contribution is 6.30. The fourth-order valence-corrected chi connectivity index (χ4v) is 4.07. The smallest absolute Gasteiger partial charge is 0.430 e. The number of carboxylic acids is 1. The first-order chi connectivity index (χ1) is 19.6. The number of anilines is 1. The summed E-state index contributed by atoms with van der Waals surface area (Å²) in [6.45, 7) is 1.66. The number of pyridine rings is 1. The lowest BCUT2D eigenvalue weighted by atomic mass is 9.94. The van der Waals surface area contributed by atoms with E-state index in [4.69, 9.17) is 20.6 Å². The summed E-state index contributed by atoms with van der Waals surface area (Å²) in [4.78, 5) is 25.8. The average Bonchev–Trinajstić information content (AvgIpc) is 3.28. The van der Waals surface area contributed by atoms with Crippen molar-refractivity contribution in [3.05, 3.63) is 126 Å². The predicted octanol–water partition coefficient (Wildman–Crippen LogP) is 4.11. The molecule has 0 fully saturated rings. The van der Waals surface area contributed by atoms with Crippen LogP contribution in [0.5, 0.6) is 0 Å². The molecule has 0 spiro atoms. The monoisotopic (exact) mass is 558 g/mol. The third kappa shape index (κ3) is 6.92. The Morgan fingerprint density at radius 1 is 0.829 bits per heavy atom. The first-order valence-corrected chi connectivity index (χ1v) is 12.5.